The Labute approximate surface area is 205 Å². The maximum absolute atomic E-state index is 13.5. The Bertz CT molecular complexity index is 1500. The summed E-state index contributed by atoms with van der Waals surface area (Å²) in [5.41, 5.74) is 5.28. The van der Waals surface area contributed by atoms with E-state index in [9.17, 15) is 13.2 Å². The molecule has 5 rings (SSSR count). The standard InChI is InChI=1S/C27H28N4O3S/c1-18-10-11-22(15-19(18)2)28-27(32)21-9-6-14-31(17-21)35(33,34)23-12-13-24-25(16-23)30-26(29-24)20-7-4-3-5-8-20/h3-5,7-8,10-13,15-16,21H,6,9,14,17H2,1-2H3,(H,28,32)(H,29,30). The Kier molecular flexibility index (Phi) is 6.17. The predicted octanol–water partition coefficient (Wildman–Crippen LogP) is 4.89. The summed E-state index contributed by atoms with van der Waals surface area (Å²) in [4.78, 5) is 21.0. The van der Waals surface area contributed by atoms with Crippen LogP contribution in [0.4, 0.5) is 5.69 Å². The van der Waals surface area contributed by atoms with Crippen LogP contribution in [0, 0.1) is 19.8 Å². The van der Waals surface area contributed by atoms with Crippen molar-refractivity contribution in [1.82, 2.24) is 14.3 Å². The second-order valence-electron chi connectivity index (χ2n) is 9.12. The molecule has 1 saturated heterocycles. The predicted molar refractivity (Wildman–Crippen MR) is 138 cm³/mol. The number of carbonyl (C=O) groups is 1. The number of rotatable bonds is 5. The molecule has 0 spiro atoms. The summed E-state index contributed by atoms with van der Waals surface area (Å²) in [6.45, 7) is 4.58. The van der Waals surface area contributed by atoms with E-state index in [1.807, 2.05) is 62.4 Å². The molecular formula is C27H28N4O3S. The molecule has 1 aliphatic rings. The fourth-order valence-corrected chi connectivity index (χ4v) is 6.02. The van der Waals surface area contributed by atoms with Crippen molar-refractivity contribution in [2.24, 2.45) is 5.92 Å². The van der Waals surface area contributed by atoms with Gasteiger partial charge in [0.15, 0.2) is 0 Å². The Morgan fingerprint density at radius 2 is 1.83 bits per heavy atom. The van der Waals surface area contributed by atoms with E-state index in [2.05, 4.69) is 15.3 Å². The molecule has 1 aromatic heterocycles. The van der Waals surface area contributed by atoms with Crippen molar-refractivity contribution in [3.05, 3.63) is 77.9 Å². The molecule has 1 atom stereocenters. The third-order valence-electron chi connectivity index (χ3n) is 6.67. The van der Waals surface area contributed by atoms with Gasteiger partial charge >= 0.3 is 0 Å². The van der Waals surface area contributed by atoms with Crippen molar-refractivity contribution in [2.45, 2.75) is 31.6 Å². The molecule has 180 valence electrons. The number of amides is 1. The summed E-state index contributed by atoms with van der Waals surface area (Å²) in [7, 11) is -3.75. The maximum Gasteiger partial charge on any atom is 0.243 e. The molecule has 2 N–H and O–H groups in total. The lowest BCUT2D eigenvalue weighted by molar-refractivity contribution is -0.120. The Morgan fingerprint density at radius 3 is 2.60 bits per heavy atom. The second-order valence-corrected chi connectivity index (χ2v) is 11.1. The number of anilines is 1. The molecule has 0 bridgehead atoms. The number of piperidine rings is 1. The highest BCUT2D eigenvalue weighted by Crippen LogP contribution is 2.28. The van der Waals surface area contributed by atoms with Crippen LogP contribution in [-0.2, 0) is 14.8 Å². The first-order chi connectivity index (χ1) is 16.8. The first kappa shape index (κ1) is 23.3. The normalized spacial score (nSPS) is 16.9. The number of fused-ring (bicyclic) bond motifs is 1. The zero-order valence-corrected chi connectivity index (χ0v) is 20.6. The molecule has 0 aliphatic carbocycles. The van der Waals surface area contributed by atoms with Crippen molar-refractivity contribution in [1.29, 1.82) is 0 Å². The molecule has 1 fully saturated rings. The molecule has 0 saturated carbocycles. The van der Waals surface area contributed by atoms with Crippen LogP contribution in [-0.4, -0.2) is 41.7 Å². The van der Waals surface area contributed by atoms with E-state index < -0.39 is 15.9 Å². The lowest BCUT2D eigenvalue weighted by atomic mass is 9.98. The zero-order chi connectivity index (χ0) is 24.6. The third kappa shape index (κ3) is 4.72. The summed E-state index contributed by atoms with van der Waals surface area (Å²) < 4.78 is 28.4. The van der Waals surface area contributed by atoms with Crippen molar-refractivity contribution < 1.29 is 13.2 Å². The number of aromatic nitrogens is 2. The van der Waals surface area contributed by atoms with E-state index in [1.165, 1.54) is 4.31 Å². The van der Waals surface area contributed by atoms with Crippen molar-refractivity contribution >= 4 is 32.7 Å². The van der Waals surface area contributed by atoms with Gasteiger partial charge in [-0.3, -0.25) is 4.79 Å². The molecule has 0 radical (unpaired) electrons. The Morgan fingerprint density at radius 1 is 1.03 bits per heavy atom. The fraction of sp³-hybridized carbons (Fsp3) is 0.259. The van der Waals surface area contributed by atoms with Gasteiger partial charge < -0.3 is 10.3 Å². The number of imidazole rings is 1. The lowest BCUT2D eigenvalue weighted by Gasteiger charge is -2.31. The lowest BCUT2D eigenvalue weighted by Crippen LogP contribution is -2.43. The van der Waals surface area contributed by atoms with Crippen LogP contribution in [0.2, 0.25) is 0 Å². The molecule has 35 heavy (non-hydrogen) atoms. The minimum atomic E-state index is -3.75. The maximum atomic E-state index is 13.5. The summed E-state index contributed by atoms with van der Waals surface area (Å²) in [6.07, 6.45) is 1.29. The molecule has 1 unspecified atom stereocenters. The largest absolute Gasteiger partial charge is 0.338 e. The van der Waals surface area contributed by atoms with Crippen LogP contribution < -0.4 is 5.32 Å². The van der Waals surface area contributed by atoms with E-state index in [-0.39, 0.29) is 17.3 Å². The highest BCUT2D eigenvalue weighted by molar-refractivity contribution is 7.89. The molecule has 8 heteroatoms. The van der Waals surface area contributed by atoms with Gasteiger partial charge in [-0.15, -0.1) is 0 Å². The fourth-order valence-electron chi connectivity index (χ4n) is 4.47. The molecule has 7 nitrogen and oxygen atoms in total. The number of nitrogens with one attached hydrogen (secondary N) is 2. The van der Waals surface area contributed by atoms with Crippen LogP contribution in [0.25, 0.3) is 22.4 Å². The molecule has 1 aliphatic heterocycles. The van der Waals surface area contributed by atoms with Crippen molar-refractivity contribution in [3.8, 4) is 11.4 Å². The van der Waals surface area contributed by atoms with E-state index >= 15 is 0 Å². The van der Waals surface area contributed by atoms with Crippen LogP contribution in [0.3, 0.4) is 0 Å². The number of aromatic amines is 1. The van der Waals surface area contributed by atoms with Gasteiger partial charge in [-0.05, 0) is 68.1 Å². The highest BCUT2D eigenvalue weighted by atomic mass is 32.2. The topological polar surface area (TPSA) is 95.2 Å². The summed E-state index contributed by atoms with van der Waals surface area (Å²) in [6, 6.07) is 20.4. The summed E-state index contributed by atoms with van der Waals surface area (Å²) in [5, 5.41) is 2.96. The first-order valence-electron chi connectivity index (χ1n) is 11.7. The number of carbonyl (C=O) groups excluding carboxylic acids is 1. The van der Waals surface area contributed by atoms with Gasteiger partial charge in [-0.2, -0.15) is 4.31 Å². The van der Waals surface area contributed by atoms with Gasteiger partial charge in [-0.25, -0.2) is 13.4 Å². The Balaban J connectivity index is 1.34. The summed E-state index contributed by atoms with van der Waals surface area (Å²) in [5.74, 6) is 0.140. The second kappa shape index (κ2) is 9.28. The quantitative estimate of drug-likeness (QED) is 0.418. The minimum Gasteiger partial charge on any atom is -0.338 e. The number of H-pyrrole nitrogens is 1. The highest BCUT2D eigenvalue weighted by Gasteiger charge is 2.33. The van der Waals surface area contributed by atoms with Gasteiger partial charge in [0, 0.05) is 24.3 Å². The molecule has 2 heterocycles. The van der Waals surface area contributed by atoms with Gasteiger partial charge in [0.1, 0.15) is 5.82 Å². The van der Waals surface area contributed by atoms with E-state index in [1.54, 1.807) is 18.2 Å². The van der Waals surface area contributed by atoms with Gasteiger partial charge in [0.25, 0.3) is 0 Å². The average molecular weight is 489 g/mol. The first-order valence-corrected chi connectivity index (χ1v) is 13.2. The minimum absolute atomic E-state index is 0.148. The van der Waals surface area contributed by atoms with Gasteiger partial charge in [-0.1, -0.05) is 36.4 Å². The Hall–Kier alpha value is -3.49. The molecule has 1 amide bonds. The molecular weight excluding hydrogens is 460 g/mol. The number of benzene rings is 3. The number of sulfonamides is 1. The number of aryl methyl sites for hydroxylation is 2. The SMILES string of the molecule is Cc1ccc(NC(=O)C2CCCN(S(=O)(=O)c3ccc4nc(-c5ccccc5)[nH]c4c3)C2)cc1C. The molecule has 4 aromatic rings. The van der Waals surface area contributed by atoms with E-state index in [4.69, 9.17) is 0 Å². The number of hydrogen-bond acceptors (Lipinski definition) is 4. The van der Waals surface area contributed by atoms with Crippen LogP contribution in [0.1, 0.15) is 24.0 Å². The third-order valence-corrected chi connectivity index (χ3v) is 8.53. The molecule has 3 aromatic carbocycles. The zero-order valence-electron chi connectivity index (χ0n) is 19.8. The number of nitrogens with zero attached hydrogens (tertiary/aromatic N) is 2. The number of hydrogen-bond donors (Lipinski definition) is 2. The van der Waals surface area contributed by atoms with Gasteiger partial charge in [0.05, 0.1) is 21.8 Å². The van der Waals surface area contributed by atoms with Crippen LogP contribution in [0.5, 0.6) is 0 Å². The summed E-state index contributed by atoms with van der Waals surface area (Å²) >= 11 is 0. The monoisotopic (exact) mass is 488 g/mol. The van der Waals surface area contributed by atoms with Gasteiger partial charge in [0.2, 0.25) is 15.9 Å². The van der Waals surface area contributed by atoms with Crippen molar-refractivity contribution in [2.75, 3.05) is 18.4 Å². The smallest absolute Gasteiger partial charge is 0.243 e. The van der Waals surface area contributed by atoms with Crippen LogP contribution >= 0.6 is 0 Å². The van der Waals surface area contributed by atoms with E-state index in [0.717, 1.165) is 22.4 Å². The van der Waals surface area contributed by atoms with Crippen LogP contribution in [0.15, 0.2) is 71.6 Å². The average Bonchev–Trinajstić information content (AvgIpc) is 3.30. The van der Waals surface area contributed by atoms with E-state index in [0.29, 0.717) is 36.2 Å². The van der Waals surface area contributed by atoms with Crippen molar-refractivity contribution in [3.63, 3.8) is 0 Å².